The van der Waals surface area contributed by atoms with Crippen LogP contribution in [0.3, 0.4) is 0 Å². The summed E-state index contributed by atoms with van der Waals surface area (Å²) in [4.78, 5) is 39.8. The van der Waals surface area contributed by atoms with Gasteiger partial charge in [0.05, 0.1) is 11.8 Å². The van der Waals surface area contributed by atoms with E-state index < -0.39 is 23.7 Å². The molecule has 0 spiro atoms. The summed E-state index contributed by atoms with van der Waals surface area (Å²) in [5.74, 6) is -1.65. The molecule has 0 unspecified atom stereocenters. The van der Waals surface area contributed by atoms with E-state index in [9.17, 15) is 14.4 Å². The molecule has 7 nitrogen and oxygen atoms in total. The lowest BCUT2D eigenvalue weighted by atomic mass is 10.2. The first-order chi connectivity index (χ1) is 8.86. The first-order valence-corrected chi connectivity index (χ1v) is 6.21. The zero-order chi connectivity index (χ0) is 16.5. The van der Waals surface area contributed by atoms with Crippen LogP contribution in [0.1, 0.15) is 48.5 Å². The maximum absolute atomic E-state index is 10.8. The van der Waals surface area contributed by atoms with Crippen LogP contribution in [0.15, 0.2) is 0 Å². The second-order valence-corrected chi connectivity index (χ2v) is 5.59. The van der Waals surface area contributed by atoms with Crippen molar-refractivity contribution in [3.05, 3.63) is 0 Å². The lowest BCUT2D eigenvalue weighted by molar-refractivity contribution is -0.263. The van der Waals surface area contributed by atoms with Gasteiger partial charge in [0.25, 0.3) is 0 Å². The Bertz CT molecular complexity index is 306. The first-order valence-electron chi connectivity index (χ1n) is 6.21. The third kappa shape index (κ3) is 14.3. The van der Waals surface area contributed by atoms with Gasteiger partial charge in [0.15, 0.2) is 0 Å². The number of carbonyl (C=O) groups is 3. The van der Waals surface area contributed by atoms with Crippen molar-refractivity contribution in [3.63, 3.8) is 0 Å². The Balaban J connectivity index is 0. The van der Waals surface area contributed by atoms with Crippen LogP contribution in [0.5, 0.6) is 0 Å². The number of carbonyl (C=O) groups excluding carboxylic acids is 2. The van der Waals surface area contributed by atoms with Gasteiger partial charge in [-0.2, -0.15) is 0 Å². The molecule has 0 rings (SSSR count). The van der Waals surface area contributed by atoms with Crippen LogP contribution in [-0.4, -0.2) is 28.8 Å². The average Bonchev–Trinajstić information content (AvgIpc) is 2.22. The van der Waals surface area contributed by atoms with Crippen molar-refractivity contribution in [1.82, 2.24) is 0 Å². The molecule has 0 aliphatic carbocycles. The van der Waals surface area contributed by atoms with Crippen LogP contribution >= 0.6 is 0 Å². The highest BCUT2D eigenvalue weighted by molar-refractivity contribution is 5.74. The van der Waals surface area contributed by atoms with Crippen LogP contribution in [0.2, 0.25) is 0 Å². The van der Waals surface area contributed by atoms with Crippen molar-refractivity contribution in [2.45, 2.75) is 54.1 Å². The van der Waals surface area contributed by atoms with Gasteiger partial charge in [-0.3, -0.25) is 0 Å². The van der Waals surface area contributed by atoms with Gasteiger partial charge in [0.2, 0.25) is 0 Å². The zero-order valence-electron chi connectivity index (χ0n) is 13.1. The molecule has 0 aromatic rings. The van der Waals surface area contributed by atoms with E-state index in [1.807, 2.05) is 0 Å². The molecule has 118 valence electrons. The van der Waals surface area contributed by atoms with Gasteiger partial charge in [-0.1, -0.05) is 27.7 Å². The van der Waals surface area contributed by atoms with E-state index in [1.54, 1.807) is 48.5 Å². The van der Waals surface area contributed by atoms with Gasteiger partial charge in [0, 0.05) is 0 Å². The molecule has 0 heterocycles. The lowest BCUT2D eigenvalue weighted by Crippen LogP contribution is -2.22. The van der Waals surface area contributed by atoms with Crippen LogP contribution in [-0.2, 0) is 24.1 Å². The number of hydrogen-bond acceptors (Lipinski definition) is 6. The molecule has 0 fully saturated rings. The van der Waals surface area contributed by atoms with Gasteiger partial charge >= 0.3 is 18.1 Å². The average molecular weight is 292 g/mol. The number of ether oxygens (including phenoxy) is 1. The van der Waals surface area contributed by atoms with Gasteiger partial charge in [-0.25, -0.2) is 24.2 Å². The fourth-order valence-electron chi connectivity index (χ4n) is 0.537. The predicted octanol–water partition coefficient (Wildman–Crippen LogP) is 2.78. The number of hydrogen-bond donors (Lipinski definition) is 1. The highest BCUT2D eigenvalue weighted by atomic mass is 17.2. The van der Waals surface area contributed by atoms with Crippen LogP contribution in [0.4, 0.5) is 4.79 Å². The normalized spacial score (nSPS) is 10.4. The van der Waals surface area contributed by atoms with E-state index in [0.29, 0.717) is 0 Å². The smallest absolute Gasteiger partial charge is 0.450 e. The van der Waals surface area contributed by atoms with Crippen molar-refractivity contribution >= 4 is 18.1 Å². The summed E-state index contributed by atoms with van der Waals surface area (Å²) in [6, 6.07) is 0. The fraction of sp³-hybridized carbons (Fsp3) is 0.769. The third-order valence-corrected chi connectivity index (χ3v) is 1.54. The summed E-state index contributed by atoms with van der Waals surface area (Å²) in [6.45, 7) is 11.7. The first kappa shape index (κ1) is 20.5. The van der Waals surface area contributed by atoms with Crippen molar-refractivity contribution in [3.8, 4) is 0 Å². The van der Waals surface area contributed by atoms with Crippen molar-refractivity contribution in [1.29, 1.82) is 0 Å². The summed E-state index contributed by atoms with van der Waals surface area (Å²) in [6.07, 6.45) is -1.22. The van der Waals surface area contributed by atoms with E-state index in [0.717, 1.165) is 0 Å². The molecule has 0 aromatic heterocycles. The van der Waals surface area contributed by atoms with E-state index in [4.69, 9.17) is 5.11 Å². The van der Waals surface area contributed by atoms with Crippen LogP contribution < -0.4 is 0 Å². The molecule has 0 amide bonds. The molecule has 0 radical (unpaired) electrons. The van der Waals surface area contributed by atoms with Crippen molar-refractivity contribution in [2.75, 3.05) is 0 Å². The second-order valence-electron chi connectivity index (χ2n) is 5.59. The SMILES string of the molecule is CC(C)(C)OC(=O)O.CC(C)C(=O)OOC(=O)C(C)C. The summed E-state index contributed by atoms with van der Waals surface area (Å²) in [5, 5.41) is 8.03. The minimum absolute atomic E-state index is 0.287. The molecular weight excluding hydrogens is 268 g/mol. The number of carboxylic acid groups (broad SMARTS) is 1. The minimum Gasteiger partial charge on any atom is -0.450 e. The Hall–Kier alpha value is -1.79. The maximum Gasteiger partial charge on any atom is 0.506 e. The Morgan fingerprint density at radius 1 is 0.850 bits per heavy atom. The standard InChI is InChI=1S/C8H14O4.C5H10O3/c1-5(2)7(9)11-12-8(10)6(3)4;1-5(2,3)8-4(6)7/h5-6H,1-4H3;1-3H3,(H,6,7). The highest BCUT2D eigenvalue weighted by Gasteiger charge is 2.15. The van der Waals surface area contributed by atoms with E-state index >= 15 is 0 Å². The molecule has 0 aromatic carbocycles. The molecule has 0 saturated heterocycles. The number of rotatable bonds is 2. The Morgan fingerprint density at radius 3 is 1.25 bits per heavy atom. The van der Waals surface area contributed by atoms with Crippen molar-refractivity contribution < 1.29 is 34.0 Å². The molecule has 1 N–H and O–H groups in total. The summed E-state index contributed by atoms with van der Waals surface area (Å²) >= 11 is 0. The largest absolute Gasteiger partial charge is 0.506 e. The van der Waals surface area contributed by atoms with Crippen molar-refractivity contribution in [2.24, 2.45) is 11.8 Å². The van der Waals surface area contributed by atoms with Crippen LogP contribution in [0, 0.1) is 11.8 Å². The monoisotopic (exact) mass is 292 g/mol. The molecule has 0 bridgehead atoms. The predicted molar refractivity (Wildman–Crippen MR) is 70.7 cm³/mol. The lowest BCUT2D eigenvalue weighted by Gasteiger charge is -2.15. The zero-order valence-corrected chi connectivity index (χ0v) is 13.1. The highest BCUT2D eigenvalue weighted by Crippen LogP contribution is 2.05. The Morgan fingerprint density at radius 2 is 1.15 bits per heavy atom. The molecule has 20 heavy (non-hydrogen) atoms. The minimum atomic E-state index is -1.22. The molecule has 0 aliphatic rings. The maximum atomic E-state index is 10.8. The van der Waals surface area contributed by atoms with Gasteiger partial charge in [-0.05, 0) is 20.8 Å². The quantitative estimate of drug-likeness (QED) is 0.474. The Kier molecular flexibility index (Phi) is 9.41. The van der Waals surface area contributed by atoms with Gasteiger partial charge < -0.3 is 9.84 Å². The van der Waals surface area contributed by atoms with E-state index in [2.05, 4.69) is 14.5 Å². The molecule has 0 saturated carbocycles. The third-order valence-electron chi connectivity index (χ3n) is 1.54. The van der Waals surface area contributed by atoms with Gasteiger partial charge in [-0.15, -0.1) is 0 Å². The molecular formula is C13H24O7. The van der Waals surface area contributed by atoms with Gasteiger partial charge in [0.1, 0.15) is 5.60 Å². The van der Waals surface area contributed by atoms with Crippen LogP contribution in [0.25, 0.3) is 0 Å². The molecule has 0 atom stereocenters. The molecule has 7 heteroatoms. The summed E-state index contributed by atoms with van der Waals surface area (Å²) < 4.78 is 4.35. The van der Waals surface area contributed by atoms with E-state index in [1.165, 1.54) is 0 Å². The fourth-order valence-corrected chi connectivity index (χ4v) is 0.537. The topological polar surface area (TPSA) is 99.1 Å². The van der Waals surface area contributed by atoms with E-state index in [-0.39, 0.29) is 11.8 Å². The summed E-state index contributed by atoms with van der Waals surface area (Å²) in [7, 11) is 0. The molecule has 0 aliphatic heterocycles. The second kappa shape index (κ2) is 9.17. The summed E-state index contributed by atoms with van der Waals surface area (Å²) in [5.41, 5.74) is -0.578. The Labute approximate surface area is 119 Å².